The molecule has 4 nitrogen and oxygen atoms in total. The lowest BCUT2D eigenvalue weighted by Gasteiger charge is -1.90. The van der Waals surface area contributed by atoms with Crippen LogP contribution in [-0.2, 0) is 4.74 Å². The third-order valence-electron chi connectivity index (χ3n) is 0.816. The molecular weight excluding hydrogens is 142 g/mol. The number of ether oxygens (including phenoxy) is 1. The second-order valence-corrected chi connectivity index (χ2v) is 1.60. The molecule has 0 N–H and O–H groups in total. The van der Waals surface area contributed by atoms with Gasteiger partial charge in [-0.15, -0.1) is 6.42 Å². The molecule has 0 amide bonds. The first-order valence-corrected chi connectivity index (χ1v) is 3.09. The SMILES string of the molecule is C#CCOC/C=C/CN=[N+]=[N-]. The molecule has 0 heterocycles. The van der Waals surface area contributed by atoms with E-state index in [-0.39, 0.29) is 0 Å². The third-order valence-corrected chi connectivity index (χ3v) is 0.816. The zero-order valence-corrected chi connectivity index (χ0v) is 6.10. The van der Waals surface area contributed by atoms with Gasteiger partial charge in [-0.1, -0.05) is 23.2 Å². The van der Waals surface area contributed by atoms with Crippen molar-refractivity contribution in [3.05, 3.63) is 22.6 Å². The maximum Gasteiger partial charge on any atom is 0.107 e. The molecule has 0 saturated carbocycles. The van der Waals surface area contributed by atoms with Crippen LogP contribution in [0.15, 0.2) is 17.3 Å². The summed E-state index contributed by atoms with van der Waals surface area (Å²) < 4.78 is 4.91. The van der Waals surface area contributed by atoms with Crippen LogP contribution in [0.2, 0.25) is 0 Å². The Bertz CT molecular complexity index is 198. The number of hydrogen-bond donors (Lipinski definition) is 0. The fourth-order valence-electron chi connectivity index (χ4n) is 0.412. The second kappa shape index (κ2) is 8.57. The van der Waals surface area contributed by atoms with Crippen molar-refractivity contribution in [1.82, 2.24) is 0 Å². The van der Waals surface area contributed by atoms with E-state index in [0.717, 1.165) is 0 Å². The van der Waals surface area contributed by atoms with Crippen LogP contribution < -0.4 is 0 Å². The molecule has 0 aliphatic rings. The number of terminal acetylenes is 1. The molecule has 0 rings (SSSR count). The maximum atomic E-state index is 7.87. The average molecular weight is 151 g/mol. The van der Waals surface area contributed by atoms with Gasteiger partial charge in [-0.3, -0.25) is 0 Å². The van der Waals surface area contributed by atoms with E-state index in [1.807, 2.05) is 0 Å². The number of rotatable bonds is 5. The smallest absolute Gasteiger partial charge is 0.107 e. The molecule has 0 bridgehead atoms. The molecule has 0 unspecified atom stereocenters. The van der Waals surface area contributed by atoms with Crippen molar-refractivity contribution in [2.45, 2.75) is 0 Å². The van der Waals surface area contributed by atoms with E-state index in [2.05, 4.69) is 15.9 Å². The number of azide groups is 1. The maximum absolute atomic E-state index is 7.87. The first-order chi connectivity index (χ1) is 5.41. The van der Waals surface area contributed by atoms with E-state index >= 15 is 0 Å². The molecule has 0 aliphatic heterocycles. The fraction of sp³-hybridized carbons (Fsp3) is 0.429. The molecule has 4 heteroatoms. The summed E-state index contributed by atoms with van der Waals surface area (Å²) in [7, 11) is 0. The second-order valence-electron chi connectivity index (χ2n) is 1.60. The van der Waals surface area contributed by atoms with Crippen molar-refractivity contribution in [3.8, 4) is 12.3 Å². The van der Waals surface area contributed by atoms with Gasteiger partial charge in [0, 0.05) is 11.5 Å². The van der Waals surface area contributed by atoms with Crippen LogP contribution in [0, 0.1) is 12.3 Å². The zero-order valence-electron chi connectivity index (χ0n) is 6.10. The molecule has 0 radical (unpaired) electrons. The van der Waals surface area contributed by atoms with Gasteiger partial charge in [-0.2, -0.15) is 0 Å². The van der Waals surface area contributed by atoms with Crippen molar-refractivity contribution in [2.75, 3.05) is 19.8 Å². The Morgan fingerprint density at radius 2 is 2.45 bits per heavy atom. The van der Waals surface area contributed by atoms with Crippen LogP contribution in [0.25, 0.3) is 10.4 Å². The van der Waals surface area contributed by atoms with Crippen LogP contribution in [0.1, 0.15) is 0 Å². The Morgan fingerprint density at radius 1 is 1.64 bits per heavy atom. The Morgan fingerprint density at radius 3 is 3.09 bits per heavy atom. The molecular formula is C7H9N3O. The van der Waals surface area contributed by atoms with Gasteiger partial charge in [-0.05, 0) is 5.53 Å². The molecule has 0 saturated heterocycles. The lowest BCUT2D eigenvalue weighted by atomic mass is 10.5. The van der Waals surface area contributed by atoms with Gasteiger partial charge in [0.1, 0.15) is 6.61 Å². The summed E-state index contributed by atoms with van der Waals surface area (Å²) in [6.07, 6.45) is 8.40. The average Bonchev–Trinajstić information content (AvgIpc) is 2.03. The predicted molar refractivity (Wildman–Crippen MR) is 42.8 cm³/mol. The largest absolute Gasteiger partial charge is 0.365 e. The molecule has 11 heavy (non-hydrogen) atoms. The number of nitrogens with zero attached hydrogens (tertiary/aromatic N) is 3. The standard InChI is InChI=1S/C7H9N3O/c1-2-6-11-7-4-3-5-9-10-8/h1,3-4H,5-7H2/b4-3+. The van der Waals surface area contributed by atoms with Crippen molar-refractivity contribution >= 4 is 0 Å². The van der Waals surface area contributed by atoms with Crippen LogP contribution in [0.5, 0.6) is 0 Å². The first-order valence-electron chi connectivity index (χ1n) is 3.09. The highest BCUT2D eigenvalue weighted by Crippen LogP contribution is 1.78. The zero-order chi connectivity index (χ0) is 8.36. The van der Waals surface area contributed by atoms with E-state index in [1.54, 1.807) is 12.2 Å². The Kier molecular flexibility index (Phi) is 7.46. The van der Waals surface area contributed by atoms with Crippen LogP contribution in [-0.4, -0.2) is 19.8 Å². The van der Waals surface area contributed by atoms with Gasteiger partial charge in [0.15, 0.2) is 0 Å². The third kappa shape index (κ3) is 8.57. The molecule has 0 aromatic heterocycles. The van der Waals surface area contributed by atoms with Gasteiger partial charge < -0.3 is 4.74 Å². The topological polar surface area (TPSA) is 58.0 Å². The summed E-state index contributed by atoms with van der Waals surface area (Å²) in [5.74, 6) is 2.33. The van der Waals surface area contributed by atoms with Crippen LogP contribution in [0.4, 0.5) is 0 Å². The summed E-state index contributed by atoms with van der Waals surface area (Å²) in [6, 6.07) is 0. The normalized spacial score (nSPS) is 9.00. The van der Waals surface area contributed by atoms with E-state index in [1.165, 1.54) is 0 Å². The van der Waals surface area contributed by atoms with E-state index in [9.17, 15) is 0 Å². The summed E-state index contributed by atoms with van der Waals surface area (Å²) in [5, 5.41) is 3.29. The molecule has 0 aromatic carbocycles. The van der Waals surface area contributed by atoms with Gasteiger partial charge in [0.05, 0.1) is 6.61 Å². The van der Waals surface area contributed by atoms with Crippen LogP contribution in [0.3, 0.4) is 0 Å². The molecule has 0 fully saturated rings. The highest BCUT2D eigenvalue weighted by Gasteiger charge is 1.75. The predicted octanol–water partition coefficient (Wildman–Crippen LogP) is 1.50. The summed E-state index contributed by atoms with van der Waals surface area (Å²) >= 11 is 0. The monoisotopic (exact) mass is 151 g/mol. The lowest BCUT2D eigenvalue weighted by molar-refractivity contribution is 0.199. The molecule has 0 aliphatic carbocycles. The summed E-state index contributed by atoms with van der Waals surface area (Å²) in [6.45, 7) is 1.13. The fourth-order valence-corrected chi connectivity index (χ4v) is 0.412. The molecule has 58 valence electrons. The van der Waals surface area contributed by atoms with Gasteiger partial charge >= 0.3 is 0 Å². The lowest BCUT2D eigenvalue weighted by Crippen LogP contribution is -1.90. The first kappa shape index (κ1) is 9.57. The van der Waals surface area contributed by atoms with Gasteiger partial charge in [-0.25, -0.2) is 0 Å². The molecule has 0 spiro atoms. The van der Waals surface area contributed by atoms with Crippen molar-refractivity contribution in [3.63, 3.8) is 0 Å². The van der Waals surface area contributed by atoms with Crippen molar-refractivity contribution in [1.29, 1.82) is 0 Å². The van der Waals surface area contributed by atoms with E-state index in [4.69, 9.17) is 16.7 Å². The van der Waals surface area contributed by atoms with Crippen LogP contribution >= 0.6 is 0 Å². The minimum atomic E-state index is 0.311. The van der Waals surface area contributed by atoms with Gasteiger partial charge in [0.25, 0.3) is 0 Å². The minimum absolute atomic E-state index is 0.311. The minimum Gasteiger partial charge on any atom is -0.365 e. The molecule has 0 atom stereocenters. The van der Waals surface area contributed by atoms with Gasteiger partial charge in [0.2, 0.25) is 0 Å². The highest BCUT2D eigenvalue weighted by atomic mass is 16.5. The Labute approximate surface area is 65.5 Å². The summed E-state index contributed by atoms with van der Waals surface area (Å²) in [5.41, 5.74) is 7.87. The Hall–Kier alpha value is -1.43. The van der Waals surface area contributed by atoms with E-state index in [0.29, 0.717) is 19.8 Å². The molecule has 0 aromatic rings. The van der Waals surface area contributed by atoms with Crippen molar-refractivity contribution < 1.29 is 4.74 Å². The van der Waals surface area contributed by atoms with E-state index < -0.39 is 0 Å². The quantitative estimate of drug-likeness (QED) is 0.147. The summed E-state index contributed by atoms with van der Waals surface area (Å²) in [4.78, 5) is 2.57. The number of hydrogen-bond acceptors (Lipinski definition) is 2. The highest BCUT2D eigenvalue weighted by molar-refractivity contribution is 4.86. The van der Waals surface area contributed by atoms with Crippen molar-refractivity contribution in [2.24, 2.45) is 5.11 Å². The Balaban J connectivity index is 3.17.